The van der Waals surface area contributed by atoms with E-state index >= 15 is 0 Å². The second-order valence-electron chi connectivity index (χ2n) is 3.06. The summed E-state index contributed by atoms with van der Waals surface area (Å²) in [5.74, 6) is 0.335. The van der Waals surface area contributed by atoms with Crippen LogP contribution >= 0.6 is 12.4 Å². The fourth-order valence-electron chi connectivity index (χ4n) is 1.14. The van der Waals surface area contributed by atoms with Crippen LogP contribution in [0.5, 0.6) is 5.75 Å². The number of aromatic hydroxyl groups is 1. The van der Waals surface area contributed by atoms with Crippen molar-refractivity contribution in [2.24, 2.45) is 5.73 Å². The molecule has 1 rings (SSSR count). The van der Waals surface area contributed by atoms with Gasteiger partial charge in [0, 0.05) is 6.04 Å². The van der Waals surface area contributed by atoms with Gasteiger partial charge in [-0.2, -0.15) is 0 Å². The van der Waals surface area contributed by atoms with Crippen molar-refractivity contribution in [1.82, 2.24) is 0 Å². The molecule has 0 amide bonds. The fourth-order valence-corrected chi connectivity index (χ4v) is 1.14. The molecule has 3 heteroatoms. The van der Waals surface area contributed by atoms with Crippen molar-refractivity contribution in [2.45, 2.75) is 26.3 Å². The van der Waals surface area contributed by atoms with E-state index in [0.717, 1.165) is 17.5 Å². The van der Waals surface area contributed by atoms with Crippen molar-refractivity contribution >= 4 is 12.4 Å². The summed E-state index contributed by atoms with van der Waals surface area (Å²) in [6.45, 7) is 3.92. The number of aryl methyl sites for hydroxylation is 1. The number of benzene rings is 1. The van der Waals surface area contributed by atoms with Crippen molar-refractivity contribution in [3.63, 3.8) is 0 Å². The fraction of sp³-hybridized carbons (Fsp3) is 0.400. The molecule has 1 atom stereocenters. The highest BCUT2D eigenvalue weighted by Crippen LogP contribution is 2.21. The van der Waals surface area contributed by atoms with Gasteiger partial charge in [0.15, 0.2) is 0 Å². The number of nitrogens with two attached hydrogens (primary N) is 1. The molecule has 0 aromatic heterocycles. The lowest BCUT2D eigenvalue weighted by atomic mass is 10.0. The van der Waals surface area contributed by atoms with Crippen molar-refractivity contribution in [2.75, 3.05) is 0 Å². The van der Waals surface area contributed by atoms with Crippen LogP contribution in [0.25, 0.3) is 0 Å². The van der Waals surface area contributed by atoms with E-state index in [-0.39, 0.29) is 18.4 Å². The maximum atomic E-state index is 9.26. The normalized spacial score (nSPS) is 11.9. The van der Waals surface area contributed by atoms with E-state index in [4.69, 9.17) is 5.73 Å². The molecule has 0 aliphatic heterocycles. The third-order valence-corrected chi connectivity index (χ3v) is 2.09. The molecule has 13 heavy (non-hydrogen) atoms. The van der Waals surface area contributed by atoms with Crippen LogP contribution in [0.1, 0.15) is 30.5 Å². The summed E-state index contributed by atoms with van der Waals surface area (Å²) in [6.07, 6.45) is 0.921. The Morgan fingerprint density at radius 3 is 2.54 bits per heavy atom. The lowest BCUT2D eigenvalue weighted by Gasteiger charge is -2.10. The predicted molar refractivity (Wildman–Crippen MR) is 57.3 cm³/mol. The number of rotatable bonds is 2. The van der Waals surface area contributed by atoms with E-state index in [1.807, 2.05) is 26.0 Å². The second-order valence-corrected chi connectivity index (χ2v) is 3.06. The van der Waals surface area contributed by atoms with Crippen molar-refractivity contribution < 1.29 is 5.11 Å². The molecular formula is C10H16ClNO. The van der Waals surface area contributed by atoms with Gasteiger partial charge in [0.1, 0.15) is 5.75 Å². The first kappa shape index (κ1) is 12.3. The standard InChI is InChI=1S/C10H15NO.ClH/c1-3-9(11)8-4-5-10(12)7(2)6-8;/h4-6,9,12H,3,11H2,1-2H3;1H/t9-;/m1./s1. The number of phenolic OH excluding ortho intramolecular Hbond substituents is 1. The SMILES string of the molecule is CC[C@@H](N)c1ccc(O)c(C)c1.Cl. The largest absolute Gasteiger partial charge is 0.508 e. The van der Waals surface area contributed by atoms with Crippen LogP contribution in [0, 0.1) is 6.92 Å². The zero-order valence-electron chi connectivity index (χ0n) is 7.95. The zero-order chi connectivity index (χ0) is 9.14. The second kappa shape index (κ2) is 5.10. The molecule has 3 N–H and O–H groups in total. The van der Waals surface area contributed by atoms with E-state index in [0.29, 0.717) is 5.75 Å². The average Bonchev–Trinajstić information content (AvgIpc) is 2.08. The minimum atomic E-state index is 0. The Bertz CT molecular complexity index is 276. The van der Waals surface area contributed by atoms with Crippen LogP contribution < -0.4 is 5.73 Å². The first-order valence-corrected chi connectivity index (χ1v) is 4.20. The van der Waals surface area contributed by atoms with Crippen molar-refractivity contribution in [1.29, 1.82) is 0 Å². The Morgan fingerprint density at radius 2 is 2.08 bits per heavy atom. The summed E-state index contributed by atoms with van der Waals surface area (Å²) in [5, 5.41) is 9.26. The molecule has 1 aromatic carbocycles. The number of phenols is 1. The van der Waals surface area contributed by atoms with Gasteiger partial charge in [-0.1, -0.05) is 19.1 Å². The van der Waals surface area contributed by atoms with Gasteiger partial charge in [-0.3, -0.25) is 0 Å². The van der Waals surface area contributed by atoms with Gasteiger partial charge in [-0.25, -0.2) is 0 Å². The minimum Gasteiger partial charge on any atom is -0.508 e. The molecular weight excluding hydrogens is 186 g/mol. The van der Waals surface area contributed by atoms with Gasteiger partial charge < -0.3 is 10.8 Å². The van der Waals surface area contributed by atoms with E-state index in [9.17, 15) is 5.11 Å². The Morgan fingerprint density at radius 1 is 1.46 bits per heavy atom. The molecule has 74 valence electrons. The van der Waals surface area contributed by atoms with Crippen LogP contribution in [0.2, 0.25) is 0 Å². The zero-order valence-corrected chi connectivity index (χ0v) is 8.77. The lowest BCUT2D eigenvalue weighted by Crippen LogP contribution is -2.08. The van der Waals surface area contributed by atoms with E-state index in [2.05, 4.69) is 0 Å². The highest BCUT2D eigenvalue weighted by molar-refractivity contribution is 5.85. The highest BCUT2D eigenvalue weighted by atomic mass is 35.5. The van der Waals surface area contributed by atoms with Crippen LogP contribution in [-0.4, -0.2) is 5.11 Å². The summed E-state index contributed by atoms with van der Waals surface area (Å²) in [4.78, 5) is 0. The van der Waals surface area contributed by atoms with Gasteiger partial charge in [-0.15, -0.1) is 12.4 Å². The Kier molecular flexibility index (Phi) is 4.81. The molecule has 0 unspecified atom stereocenters. The maximum Gasteiger partial charge on any atom is 0.118 e. The third-order valence-electron chi connectivity index (χ3n) is 2.09. The molecule has 0 fully saturated rings. The summed E-state index contributed by atoms with van der Waals surface area (Å²) < 4.78 is 0. The molecule has 0 bridgehead atoms. The molecule has 0 aliphatic carbocycles. The quantitative estimate of drug-likeness (QED) is 0.773. The third kappa shape index (κ3) is 2.90. The van der Waals surface area contributed by atoms with Crippen LogP contribution in [-0.2, 0) is 0 Å². The van der Waals surface area contributed by atoms with Crippen molar-refractivity contribution in [3.05, 3.63) is 29.3 Å². The molecule has 1 aromatic rings. The molecule has 0 aliphatic rings. The number of halogens is 1. The molecule has 2 nitrogen and oxygen atoms in total. The molecule has 0 saturated heterocycles. The lowest BCUT2D eigenvalue weighted by molar-refractivity contribution is 0.470. The van der Waals surface area contributed by atoms with Crippen LogP contribution in [0.15, 0.2) is 18.2 Å². The monoisotopic (exact) mass is 201 g/mol. The smallest absolute Gasteiger partial charge is 0.118 e. The molecule has 0 spiro atoms. The predicted octanol–water partition coefficient (Wildman–Crippen LogP) is 2.53. The Balaban J connectivity index is 0.00000144. The van der Waals surface area contributed by atoms with Crippen molar-refractivity contribution in [3.8, 4) is 5.75 Å². The first-order valence-electron chi connectivity index (χ1n) is 4.20. The van der Waals surface area contributed by atoms with E-state index in [1.165, 1.54) is 0 Å². The average molecular weight is 202 g/mol. The Hall–Kier alpha value is -0.730. The number of hydrogen-bond donors (Lipinski definition) is 2. The van der Waals surface area contributed by atoms with Gasteiger partial charge in [-0.05, 0) is 30.5 Å². The van der Waals surface area contributed by atoms with E-state index in [1.54, 1.807) is 6.07 Å². The first-order chi connectivity index (χ1) is 5.65. The van der Waals surface area contributed by atoms with Gasteiger partial charge in [0.05, 0.1) is 0 Å². The summed E-state index contributed by atoms with van der Waals surface area (Å²) >= 11 is 0. The minimum absolute atomic E-state index is 0. The number of hydrogen-bond acceptors (Lipinski definition) is 2. The highest BCUT2D eigenvalue weighted by Gasteiger charge is 2.04. The molecule has 0 saturated carbocycles. The van der Waals surface area contributed by atoms with Crippen LogP contribution in [0.4, 0.5) is 0 Å². The van der Waals surface area contributed by atoms with Gasteiger partial charge >= 0.3 is 0 Å². The summed E-state index contributed by atoms with van der Waals surface area (Å²) in [7, 11) is 0. The summed E-state index contributed by atoms with van der Waals surface area (Å²) in [6, 6.07) is 5.59. The molecule has 0 radical (unpaired) electrons. The van der Waals surface area contributed by atoms with Gasteiger partial charge in [0.25, 0.3) is 0 Å². The molecule has 0 heterocycles. The van der Waals surface area contributed by atoms with Crippen LogP contribution in [0.3, 0.4) is 0 Å². The van der Waals surface area contributed by atoms with E-state index < -0.39 is 0 Å². The Labute approximate surface area is 85.2 Å². The topological polar surface area (TPSA) is 46.2 Å². The maximum absolute atomic E-state index is 9.26. The van der Waals surface area contributed by atoms with Gasteiger partial charge in [0.2, 0.25) is 0 Å². The summed E-state index contributed by atoms with van der Waals surface area (Å²) in [5.41, 5.74) is 7.81.